The number of carbonyl (C=O) groups is 1. The van der Waals surface area contributed by atoms with Gasteiger partial charge in [-0.25, -0.2) is 15.0 Å². The summed E-state index contributed by atoms with van der Waals surface area (Å²) >= 11 is 0. The van der Waals surface area contributed by atoms with E-state index in [4.69, 9.17) is 4.42 Å². The molecular formula is C15H9N5O3. The van der Waals surface area contributed by atoms with Gasteiger partial charge in [0.15, 0.2) is 22.7 Å². The van der Waals surface area contributed by atoms with E-state index in [0.717, 1.165) is 6.07 Å². The van der Waals surface area contributed by atoms with E-state index in [0.29, 0.717) is 22.1 Å². The van der Waals surface area contributed by atoms with Gasteiger partial charge in [0.1, 0.15) is 17.4 Å². The van der Waals surface area contributed by atoms with Crippen LogP contribution in [0.2, 0.25) is 0 Å². The molecule has 0 saturated carbocycles. The molecule has 0 bridgehead atoms. The molecule has 0 radical (unpaired) electrons. The first-order valence-electron chi connectivity index (χ1n) is 6.71. The van der Waals surface area contributed by atoms with E-state index >= 15 is 0 Å². The first-order chi connectivity index (χ1) is 11.2. The van der Waals surface area contributed by atoms with E-state index in [1.807, 2.05) is 0 Å². The second kappa shape index (κ2) is 5.02. The fourth-order valence-electron chi connectivity index (χ4n) is 2.24. The van der Waals surface area contributed by atoms with Gasteiger partial charge in [0.2, 0.25) is 0 Å². The molecule has 0 fully saturated rings. The van der Waals surface area contributed by atoms with Crippen LogP contribution in [0.25, 0.3) is 22.1 Å². The molecule has 4 aromatic rings. The van der Waals surface area contributed by atoms with Gasteiger partial charge in [-0.15, -0.1) is 0 Å². The Labute approximate surface area is 128 Å². The molecule has 8 nitrogen and oxygen atoms in total. The van der Waals surface area contributed by atoms with Crippen LogP contribution in [0.3, 0.4) is 0 Å². The van der Waals surface area contributed by atoms with Gasteiger partial charge in [-0.2, -0.15) is 0 Å². The number of carbonyl (C=O) groups excluding carboxylic acids is 1. The molecule has 0 unspecified atom stereocenters. The van der Waals surface area contributed by atoms with Crippen molar-refractivity contribution in [2.24, 2.45) is 0 Å². The Hall–Kier alpha value is -3.55. The minimum absolute atomic E-state index is 0.0972. The lowest BCUT2D eigenvalue weighted by molar-refractivity contribution is 0.0997. The van der Waals surface area contributed by atoms with Gasteiger partial charge >= 0.3 is 0 Å². The zero-order valence-corrected chi connectivity index (χ0v) is 11.6. The van der Waals surface area contributed by atoms with Gasteiger partial charge < -0.3 is 14.7 Å². The van der Waals surface area contributed by atoms with Crippen LogP contribution in [0, 0.1) is 0 Å². The second-order valence-electron chi connectivity index (χ2n) is 4.75. The van der Waals surface area contributed by atoms with Crippen molar-refractivity contribution < 1.29 is 9.21 Å². The molecule has 23 heavy (non-hydrogen) atoms. The van der Waals surface area contributed by atoms with Gasteiger partial charge in [-0.3, -0.25) is 9.59 Å². The molecule has 3 heterocycles. The lowest BCUT2D eigenvalue weighted by Crippen LogP contribution is -2.16. The Balaban J connectivity index is 1.75. The molecule has 0 spiro atoms. The Morgan fingerprint density at radius 3 is 2.96 bits per heavy atom. The highest BCUT2D eigenvalue weighted by Crippen LogP contribution is 2.17. The topological polar surface area (TPSA) is 114 Å². The van der Waals surface area contributed by atoms with Crippen LogP contribution in [0.15, 0.2) is 52.2 Å². The molecule has 3 aromatic heterocycles. The highest BCUT2D eigenvalue weighted by atomic mass is 16.3. The summed E-state index contributed by atoms with van der Waals surface area (Å²) in [6, 6.07) is 7.89. The summed E-state index contributed by atoms with van der Waals surface area (Å²) in [6.45, 7) is 0. The number of hydrogen-bond acceptors (Lipinski definition) is 6. The van der Waals surface area contributed by atoms with Crippen molar-refractivity contribution in [3.8, 4) is 0 Å². The predicted molar refractivity (Wildman–Crippen MR) is 82.1 cm³/mol. The van der Waals surface area contributed by atoms with Crippen molar-refractivity contribution in [2.75, 3.05) is 5.32 Å². The maximum atomic E-state index is 12.3. The molecule has 0 aliphatic rings. The Kier molecular flexibility index (Phi) is 2.87. The third kappa shape index (κ3) is 2.22. The number of fused-ring (bicyclic) bond motifs is 2. The summed E-state index contributed by atoms with van der Waals surface area (Å²) in [7, 11) is 0. The van der Waals surface area contributed by atoms with Crippen molar-refractivity contribution in [1.82, 2.24) is 19.9 Å². The maximum absolute atomic E-state index is 12.3. The summed E-state index contributed by atoms with van der Waals surface area (Å²) in [5, 5.41) is 3.00. The van der Waals surface area contributed by atoms with Crippen molar-refractivity contribution in [3.05, 3.63) is 59.0 Å². The standard InChI is InChI=1S/C15H9N5O3/c21-9-5-11(23-10-4-2-1-3-8(9)10)15(22)20-14-12-13(17-6-16-12)18-7-19-14/h1-7H,(H2,16,17,18,19,20,22). The minimum Gasteiger partial charge on any atom is -0.451 e. The average Bonchev–Trinajstić information content (AvgIpc) is 3.04. The lowest BCUT2D eigenvalue weighted by atomic mass is 10.2. The zero-order valence-electron chi connectivity index (χ0n) is 11.6. The molecule has 2 N–H and O–H groups in total. The number of aromatic amines is 1. The molecule has 0 saturated heterocycles. The first kappa shape index (κ1) is 13.1. The fourth-order valence-corrected chi connectivity index (χ4v) is 2.24. The molecule has 0 atom stereocenters. The Morgan fingerprint density at radius 2 is 2.04 bits per heavy atom. The van der Waals surface area contributed by atoms with Crippen LogP contribution >= 0.6 is 0 Å². The normalized spacial score (nSPS) is 11.0. The highest BCUT2D eigenvalue weighted by molar-refractivity contribution is 6.05. The van der Waals surface area contributed by atoms with Crippen LogP contribution in [0.1, 0.15) is 10.6 Å². The monoisotopic (exact) mass is 307 g/mol. The van der Waals surface area contributed by atoms with Crippen LogP contribution in [0.5, 0.6) is 0 Å². The molecule has 0 aliphatic carbocycles. The van der Waals surface area contributed by atoms with E-state index in [1.54, 1.807) is 24.3 Å². The number of para-hydroxylation sites is 1. The Morgan fingerprint density at radius 1 is 1.17 bits per heavy atom. The predicted octanol–water partition coefficient (Wildman–Crippen LogP) is 1.71. The number of H-pyrrole nitrogens is 1. The fraction of sp³-hybridized carbons (Fsp3) is 0. The number of nitrogens with one attached hydrogen (secondary N) is 2. The molecular weight excluding hydrogens is 298 g/mol. The number of nitrogens with zero attached hydrogens (tertiary/aromatic N) is 3. The van der Waals surface area contributed by atoms with E-state index in [1.165, 1.54) is 12.7 Å². The minimum atomic E-state index is -0.581. The maximum Gasteiger partial charge on any atom is 0.292 e. The quantitative estimate of drug-likeness (QED) is 0.582. The number of hydrogen-bond donors (Lipinski definition) is 2. The molecule has 8 heteroatoms. The average molecular weight is 307 g/mol. The van der Waals surface area contributed by atoms with E-state index in [2.05, 4.69) is 25.3 Å². The van der Waals surface area contributed by atoms with Crippen molar-refractivity contribution >= 4 is 33.9 Å². The highest BCUT2D eigenvalue weighted by Gasteiger charge is 2.15. The Bertz CT molecular complexity index is 1100. The SMILES string of the molecule is O=C(Nc1ncnc2nc[nH]c12)c1cc(=O)c2ccccc2o1. The summed E-state index contributed by atoms with van der Waals surface area (Å²) in [6.07, 6.45) is 2.74. The number of imidazole rings is 1. The summed E-state index contributed by atoms with van der Waals surface area (Å²) in [5.74, 6) is -0.421. The molecule has 4 rings (SSSR count). The lowest BCUT2D eigenvalue weighted by Gasteiger charge is -2.05. The van der Waals surface area contributed by atoms with E-state index < -0.39 is 5.91 Å². The molecule has 1 aromatic carbocycles. The number of aromatic nitrogens is 4. The van der Waals surface area contributed by atoms with Crippen molar-refractivity contribution in [3.63, 3.8) is 0 Å². The third-order valence-corrected chi connectivity index (χ3v) is 3.31. The van der Waals surface area contributed by atoms with Crippen LogP contribution in [0.4, 0.5) is 5.82 Å². The van der Waals surface area contributed by atoms with Crippen LogP contribution in [-0.2, 0) is 0 Å². The van der Waals surface area contributed by atoms with Crippen molar-refractivity contribution in [1.29, 1.82) is 0 Å². The number of anilines is 1. The van der Waals surface area contributed by atoms with Gasteiger partial charge in [0, 0.05) is 6.07 Å². The number of rotatable bonds is 2. The first-order valence-corrected chi connectivity index (χ1v) is 6.71. The molecule has 0 aliphatic heterocycles. The second-order valence-corrected chi connectivity index (χ2v) is 4.75. The van der Waals surface area contributed by atoms with Gasteiger partial charge in [-0.1, -0.05) is 12.1 Å². The summed E-state index contributed by atoms with van der Waals surface area (Å²) < 4.78 is 5.49. The molecule has 112 valence electrons. The van der Waals surface area contributed by atoms with E-state index in [9.17, 15) is 9.59 Å². The van der Waals surface area contributed by atoms with Gasteiger partial charge in [-0.05, 0) is 12.1 Å². The van der Waals surface area contributed by atoms with Gasteiger partial charge in [0.25, 0.3) is 5.91 Å². The third-order valence-electron chi connectivity index (χ3n) is 3.31. The molecule has 1 amide bonds. The smallest absolute Gasteiger partial charge is 0.292 e. The number of benzene rings is 1. The summed E-state index contributed by atoms with van der Waals surface area (Å²) in [4.78, 5) is 39.2. The van der Waals surface area contributed by atoms with Gasteiger partial charge in [0.05, 0.1) is 11.7 Å². The zero-order chi connectivity index (χ0) is 15.8. The van der Waals surface area contributed by atoms with Crippen LogP contribution < -0.4 is 10.7 Å². The van der Waals surface area contributed by atoms with Crippen LogP contribution in [-0.4, -0.2) is 25.8 Å². The van der Waals surface area contributed by atoms with E-state index in [-0.39, 0.29) is 17.0 Å². The number of amides is 1. The largest absolute Gasteiger partial charge is 0.451 e. The summed E-state index contributed by atoms with van der Waals surface area (Å²) in [5.41, 5.74) is 0.977. The van der Waals surface area contributed by atoms with Crippen molar-refractivity contribution in [2.45, 2.75) is 0 Å².